The van der Waals surface area contributed by atoms with E-state index >= 15 is 0 Å². The van der Waals surface area contributed by atoms with Crippen molar-refractivity contribution in [3.63, 3.8) is 0 Å². The van der Waals surface area contributed by atoms with Gasteiger partial charge in [-0.05, 0) is 49.7 Å². The molecule has 0 radical (unpaired) electrons. The number of fused-ring (bicyclic) bond motifs is 1. The number of halogens is 3. The van der Waals surface area contributed by atoms with Crippen LogP contribution in [0.15, 0.2) is 23.1 Å². The molecule has 1 saturated heterocycles. The number of ether oxygens (including phenoxy) is 1. The third-order valence-electron chi connectivity index (χ3n) is 8.01. The lowest BCUT2D eigenvalue weighted by molar-refractivity contribution is -0.244. The maximum absolute atomic E-state index is 13.7. The number of alkyl halides is 3. The molecule has 4 fully saturated rings. The van der Waals surface area contributed by atoms with E-state index in [4.69, 9.17) is 14.7 Å². The van der Waals surface area contributed by atoms with Gasteiger partial charge in [-0.2, -0.15) is 13.2 Å². The molecule has 184 valence electrons. The average molecular weight is 478 g/mol. The van der Waals surface area contributed by atoms with E-state index in [-0.39, 0.29) is 48.7 Å². The summed E-state index contributed by atoms with van der Waals surface area (Å²) < 4.78 is 48.7. The lowest BCUT2D eigenvalue weighted by atomic mass is 9.68. The van der Waals surface area contributed by atoms with Crippen LogP contribution in [-0.4, -0.2) is 41.4 Å². The van der Waals surface area contributed by atoms with Crippen molar-refractivity contribution >= 4 is 11.5 Å². The van der Waals surface area contributed by atoms with Gasteiger partial charge in [0.05, 0.1) is 22.9 Å². The van der Waals surface area contributed by atoms with Crippen molar-refractivity contribution in [3.8, 4) is 0 Å². The summed E-state index contributed by atoms with van der Waals surface area (Å²) in [6.07, 6.45) is -0.771. The van der Waals surface area contributed by atoms with Crippen LogP contribution in [0.25, 0.3) is 0 Å². The van der Waals surface area contributed by atoms with E-state index in [2.05, 4.69) is 10.6 Å². The van der Waals surface area contributed by atoms with Gasteiger partial charge in [0.2, 0.25) is 5.56 Å². The van der Waals surface area contributed by atoms with Gasteiger partial charge in [0.1, 0.15) is 5.82 Å². The van der Waals surface area contributed by atoms with Crippen LogP contribution < -0.4 is 16.2 Å². The fourth-order valence-electron chi connectivity index (χ4n) is 6.09. The van der Waals surface area contributed by atoms with Gasteiger partial charge in [0.25, 0.3) is 0 Å². The maximum Gasteiger partial charge on any atom is 0.394 e. The van der Waals surface area contributed by atoms with E-state index in [1.54, 1.807) is 33.4 Å². The maximum atomic E-state index is 13.7. The van der Waals surface area contributed by atoms with Gasteiger partial charge in [0.15, 0.2) is 5.82 Å². The summed E-state index contributed by atoms with van der Waals surface area (Å²) in [6.45, 7) is 0.517. The van der Waals surface area contributed by atoms with E-state index in [1.165, 1.54) is 10.6 Å². The molecule has 4 aliphatic rings. The van der Waals surface area contributed by atoms with Crippen LogP contribution in [0.5, 0.6) is 0 Å². The first-order chi connectivity index (χ1) is 16.2. The Kier molecular flexibility index (Phi) is 5.61. The lowest BCUT2D eigenvalue weighted by Crippen LogP contribution is -2.42. The highest BCUT2D eigenvalue weighted by molar-refractivity contribution is 5.68. The summed E-state index contributed by atoms with van der Waals surface area (Å²) in [5, 5.41) is 6.24. The molecule has 1 aliphatic heterocycles. The van der Waals surface area contributed by atoms with Crippen molar-refractivity contribution in [2.75, 3.05) is 31.3 Å². The minimum atomic E-state index is -4.18. The second-order valence-corrected chi connectivity index (χ2v) is 9.94. The minimum absolute atomic E-state index is 0.000666. The molecule has 2 N–H and O–H groups in total. The summed E-state index contributed by atoms with van der Waals surface area (Å²) in [4.78, 5) is 21.4. The number of aromatic nitrogens is 3. The summed E-state index contributed by atoms with van der Waals surface area (Å²) in [6, 6.07) is 3.31. The number of pyridine rings is 1. The Bertz CT molecular complexity index is 1140. The second-order valence-electron chi connectivity index (χ2n) is 9.94. The molecule has 3 saturated carbocycles. The van der Waals surface area contributed by atoms with Crippen LogP contribution >= 0.6 is 0 Å². The van der Waals surface area contributed by atoms with Crippen LogP contribution in [-0.2, 0) is 11.8 Å². The number of nitrogens with one attached hydrogen (secondary N) is 2. The summed E-state index contributed by atoms with van der Waals surface area (Å²) in [5.41, 5.74) is 0.637. The number of hydrogen-bond acceptors (Lipinski definition) is 6. The van der Waals surface area contributed by atoms with Gasteiger partial charge in [-0.1, -0.05) is 0 Å². The zero-order chi connectivity index (χ0) is 24.3. The van der Waals surface area contributed by atoms with Crippen LogP contribution in [0.1, 0.15) is 67.1 Å². The Hall–Kier alpha value is -2.62. The van der Waals surface area contributed by atoms with Crippen LogP contribution in [0, 0.1) is 11.3 Å². The Morgan fingerprint density at radius 1 is 1.15 bits per heavy atom. The van der Waals surface area contributed by atoms with Gasteiger partial charge in [-0.25, -0.2) is 9.97 Å². The van der Waals surface area contributed by atoms with Crippen LogP contribution in [0.2, 0.25) is 0 Å². The minimum Gasteiger partial charge on any atom is -0.384 e. The monoisotopic (exact) mass is 477 g/mol. The predicted molar refractivity (Wildman–Crippen MR) is 122 cm³/mol. The molecule has 10 heteroatoms. The second kappa shape index (κ2) is 8.25. The van der Waals surface area contributed by atoms with E-state index < -0.39 is 11.6 Å². The number of anilines is 2. The third kappa shape index (κ3) is 3.66. The first-order valence-electron chi connectivity index (χ1n) is 11.8. The first-order valence-corrected chi connectivity index (χ1v) is 11.8. The van der Waals surface area contributed by atoms with Crippen molar-refractivity contribution in [1.29, 1.82) is 0 Å². The SMILES string of the molecule is CNc1nc([C@H]2CCO[C@@H](c3ccc(=O)n(C)c3)C2)nc(C2CC3(C(F)(F)F)CC2C3)c1NC. The zero-order valence-corrected chi connectivity index (χ0v) is 19.6. The molecule has 7 nitrogen and oxygen atoms in total. The van der Waals surface area contributed by atoms with Gasteiger partial charge in [0, 0.05) is 51.8 Å². The Labute approximate surface area is 196 Å². The molecule has 3 heterocycles. The molecule has 3 aliphatic carbocycles. The largest absolute Gasteiger partial charge is 0.394 e. The molecule has 3 atom stereocenters. The fraction of sp³-hybridized carbons (Fsp3) is 0.625. The van der Waals surface area contributed by atoms with E-state index in [0.29, 0.717) is 36.1 Å². The molecular weight excluding hydrogens is 447 g/mol. The van der Waals surface area contributed by atoms with Crippen LogP contribution in [0.3, 0.4) is 0 Å². The smallest absolute Gasteiger partial charge is 0.384 e. The summed E-state index contributed by atoms with van der Waals surface area (Å²) in [7, 11) is 5.23. The molecular formula is C24H30F3N5O2. The molecule has 34 heavy (non-hydrogen) atoms. The standard InChI is InChI=1S/C24H30F3N5O2/c1-28-20-19(16-11-23(24(25,26)27)9-15(16)10-23)30-21(31-22(20)29-2)13-6-7-34-17(8-13)14-4-5-18(33)32(3)12-14/h4-5,12-13,15-17,28H,6-11H2,1-3H3,(H,29,30,31)/t13-,15?,16?,17+,23?/m0/s1. The van der Waals surface area contributed by atoms with E-state index in [1.807, 2.05) is 0 Å². The highest BCUT2D eigenvalue weighted by Gasteiger charge is 2.69. The summed E-state index contributed by atoms with van der Waals surface area (Å²) in [5.74, 6) is 1.01. The number of hydrogen-bond donors (Lipinski definition) is 2. The molecule has 0 spiro atoms. The van der Waals surface area contributed by atoms with Crippen molar-refractivity contribution in [3.05, 3.63) is 45.8 Å². The molecule has 0 aromatic carbocycles. The Balaban J connectivity index is 1.47. The summed E-state index contributed by atoms with van der Waals surface area (Å²) >= 11 is 0. The first kappa shape index (κ1) is 23.1. The highest BCUT2D eigenvalue weighted by atomic mass is 19.4. The highest BCUT2D eigenvalue weighted by Crippen LogP contribution is 2.71. The van der Waals surface area contributed by atoms with Crippen molar-refractivity contribution < 1.29 is 17.9 Å². The molecule has 2 aromatic heterocycles. The van der Waals surface area contributed by atoms with Gasteiger partial charge in [-0.15, -0.1) is 0 Å². The normalized spacial score (nSPS) is 30.6. The van der Waals surface area contributed by atoms with Crippen molar-refractivity contribution in [1.82, 2.24) is 14.5 Å². The van der Waals surface area contributed by atoms with Gasteiger partial charge >= 0.3 is 6.18 Å². The van der Waals surface area contributed by atoms with Crippen molar-refractivity contribution in [2.24, 2.45) is 18.4 Å². The molecule has 6 rings (SSSR count). The van der Waals surface area contributed by atoms with E-state index in [9.17, 15) is 18.0 Å². The van der Waals surface area contributed by atoms with Crippen molar-refractivity contribution in [2.45, 2.75) is 56.2 Å². The zero-order valence-electron chi connectivity index (χ0n) is 19.6. The quantitative estimate of drug-likeness (QED) is 0.667. The molecule has 0 amide bonds. The topological polar surface area (TPSA) is 81.1 Å². The molecule has 1 unspecified atom stereocenters. The van der Waals surface area contributed by atoms with Gasteiger partial charge in [-0.3, -0.25) is 4.79 Å². The Morgan fingerprint density at radius 3 is 2.53 bits per heavy atom. The Morgan fingerprint density at radius 2 is 1.91 bits per heavy atom. The number of rotatable bonds is 5. The number of nitrogens with zero attached hydrogens (tertiary/aromatic N) is 3. The molecule has 2 bridgehead atoms. The van der Waals surface area contributed by atoms with Gasteiger partial charge < -0.3 is 19.9 Å². The lowest BCUT2D eigenvalue weighted by Gasteiger charge is -2.39. The fourth-order valence-corrected chi connectivity index (χ4v) is 6.09. The van der Waals surface area contributed by atoms with E-state index in [0.717, 1.165) is 12.0 Å². The average Bonchev–Trinajstić information content (AvgIpc) is 3.38. The predicted octanol–water partition coefficient (Wildman–Crippen LogP) is 4.34. The molecule has 2 aromatic rings. The number of aryl methyl sites for hydroxylation is 1. The third-order valence-corrected chi connectivity index (χ3v) is 8.01. The van der Waals surface area contributed by atoms with Crippen LogP contribution in [0.4, 0.5) is 24.7 Å².